The van der Waals surface area contributed by atoms with E-state index in [0.717, 1.165) is 0 Å². The van der Waals surface area contributed by atoms with Crippen molar-refractivity contribution in [2.24, 2.45) is 0 Å². The van der Waals surface area contributed by atoms with Crippen LogP contribution in [0.4, 0.5) is 0 Å². The molecule has 0 atom stereocenters. The summed E-state index contributed by atoms with van der Waals surface area (Å²) in [4.78, 5) is 0. The molecule has 0 unspecified atom stereocenters. The number of benzene rings is 2. The van der Waals surface area contributed by atoms with Crippen LogP contribution in [0.15, 0.2) is 30.3 Å². The van der Waals surface area contributed by atoms with Gasteiger partial charge in [-0.2, -0.15) is 0 Å². The van der Waals surface area contributed by atoms with Crippen molar-refractivity contribution in [2.75, 3.05) is 0 Å². The van der Waals surface area contributed by atoms with Gasteiger partial charge in [0.25, 0.3) is 0 Å². The van der Waals surface area contributed by atoms with E-state index in [1.807, 2.05) is 0 Å². The van der Waals surface area contributed by atoms with E-state index in [0.29, 0.717) is 0 Å². The summed E-state index contributed by atoms with van der Waals surface area (Å²) in [6, 6.07) is 12.4. The molecular weight excluding hydrogens is 530 g/mol. The van der Waals surface area contributed by atoms with Gasteiger partial charge in [0.1, 0.15) is 0 Å². The van der Waals surface area contributed by atoms with Crippen molar-refractivity contribution in [3.05, 3.63) is 58.1 Å². The molecule has 0 amide bonds. The molecule has 3 rings (SSSR count). The summed E-state index contributed by atoms with van der Waals surface area (Å²) in [6.45, 7) is 31.6. The molecule has 1 aliphatic rings. The fourth-order valence-corrected chi connectivity index (χ4v) is 10.5. The van der Waals surface area contributed by atoms with E-state index in [-0.39, 0.29) is 27.1 Å². The minimum Gasteiger partial charge on any atom is -0.0616 e. The molecule has 1 aliphatic carbocycles. The highest BCUT2D eigenvalue weighted by Crippen LogP contribution is 2.41. The first-order chi connectivity index (χ1) is 18.7. The second-order valence-electron chi connectivity index (χ2n) is 17.3. The predicted molar refractivity (Wildman–Crippen MR) is 190 cm³/mol. The summed E-state index contributed by atoms with van der Waals surface area (Å²) in [5, 5.41) is 3.17. The van der Waals surface area contributed by atoms with Gasteiger partial charge in [-0.05, 0) is 83.5 Å². The molecule has 2 heteroatoms. The van der Waals surface area contributed by atoms with Crippen LogP contribution in [-0.2, 0) is 27.1 Å². The van der Waals surface area contributed by atoms with E-state index in [2.05, 4.69) is 120 Å². The van der Waals surface area contributed by atoms with Gasteiger partial charge >= 0.3 is 0 Å². The maximum Gasteiger partial charge on any atom is 0.0138 e. The van der Waals surface area contributed by atoms with Crippen LogP contribution in [0.25, 0.3) is 0 Å². The van der Waals surface area contributed by atoms with Crippen LogP contribution in [0, 0.1) is 0 Å². The fraction of sp³-hybridized carbons (Fsp3) is 0.692. The van der Waals surface area contributed by atoms with Gasteiger partial charge in [0.15, 0.2) is 0 Å². The zero-order chi connectivity index (χ0) is 30.9. The maximum atomic E-state index is 2.55. The quantitative estimate of drug-likeness (QED) is 0.304. The Balaban J connectivity index is 2.32. The second kappa shape index (κ2) is 13.0. The van der Waals surface area contributed by atoms with Crippen LogP contribution >= 0.6 is 15.7 Å². The zero-order valence-corrected chi connectivity index (χ0v) is 30.9. The average Bonchev–Trinajstić information content (AvgIpc) is 2.83. The SMILES string of the molecule is CC(C)(C)c1cc(C(C)(C)C)c(P=Pc2c3cccc2C(C)(C)CCCCCCCCCC3(C)C)c(C(C)(C)C)c1. The van der Waals surface area contributed by atoms with Crippen LogP contribution in [0.2, 0.25) is 0 Å². The van der Waals surface area contributed by atoms with Crippen LogP contribution in [0.5, 0.6) is 0 Å². The summed E-state index contributed by atoms with van der Waals surface area (Å²) >= 11 is 0. The molecule has 0 saturated heterocycles. The Kier molecular flexibility index (Phi) is 10.9. The number of hydrogen-bond donors (Lipinski definition) is 0. The highest BCUT2D eigenvalue weighted by Gasteiger charge is 2.31. The summed E-state index contributed by atoms with van der Waals surface area (Å²) in [6.07, 6.45) is 12.2. The van der Waals surface area contributed by atoms with Gasteiger partial charge in [0.2, 0.25) is 0 Å². The molecule has 0 aromatic heterocycles. The molecule has 0 N–H and O–H groups in total. The minimum absolute atomic E-state index is 0.0910. The predicted octanol–water partition coefficient (Wildman–Crippen LogP) is 12.4. The van der Waals surface area contributed by atoms with E-state index in [9.17, 15) is 0 Å². The topological polar surface area (TPSA) is 0 Å². The van der Waals surface area contributed by atoms with Crippen molar-refractivity contribution in [3.63, 3.8) is 0 Å². The van der Waals surface area contributed by atoms with Crippen LogP contribution in [0.3, 0.4) is 0 Å². The van der Waals surface area contributed by atoms with Crippen molar-refractivity contribution < 1.29 is 0 Å². The molecule has 228 valence electrons. The van der Waals surface area contributed by atoms with Crippen molar-refractivity contribution in [3.8, 4) is 0 Å². The molecule has 0 saturated carbocycles. The second-order valence-corrected chi connectivity index (χ2v) is 19.8. The molecule has 0 spiro atoms. The number of fused-ring (bicyclic) bond motifs is 2. The normalized spacial score (nSPS) is 19.2. The first-order valence-corrected chi connectivity index (χ1v) is 19.0. The van der Waals surface area contributed by atoms with E-state index >= 15 is 0 Å². The number of rotatable bonds is 2. The van der Waals surface area contributed by atoms with Crippen molar-refractivity contribution in [1.29, 1.82) is 0 Å². The molecule has 2 aromatic rings. The van der Waals surface area contributed by atoms with E-state index in [1.165, 1.54) is 90.2 Å². The molecule has 2 aromatic carbocycles. The third-order valence-corrected chi connectivity index (χ3v) is 12.4. The number of hydrogen-bond acceptors (Lipinski definition) is 0. The summed E-state index contributed by atoms with van der Waals surface area (Å²) < 4.78 is 0. The Morgan fingerprint density at radius 2 is 0.878 bits per heavy atom. The maximum absolute atomic E-state index is 2.55. The fourth-order valence-electron chi connectivity index (χ4n) is 6.45. The minimum atomic E-state index is 0.0910. The Morgan fingerprint density at radius 3 is 1.24 bits per heavy atom. The first kappa shape index (κ1) is 34.5. The van der Waals surface area contributed by atoms with Gasteiger partial charge in [-0.25, -0.2) is 0 Å². The third kappa shape index (κ3) is 8.79. The van der Waals surface area contributed by atoms with E-state index in [1.54, 1.807) is 21.7 Å². The summed E-state index contributed by atoms with van der Waals surface area (Å²) in [5.41, 5.74) is 8.39. The van der Waals surface area contributed by atoms with Crippen molar-refractivity contribution in [2.45, 2.75) is 175 Å². The van der Waals surface area contributed by atoms with Crippen molar-refractivity contribution in [1.82, 2.24) is 0 Å². The van der Waals surface area contributed by atoms with Crippen LogP contribution in [-0.4, -0.2) is 0 Å². The van der Waals surface area contributed by atoms with Crippen LogP contribution in [0.1, 0.15) is 176 Å². The Morgan fingerprint density at radius 1 is 0.512 bits per heavy atom. The van der Waals surface area contributed by atoms with Crippen LogP contribution < -0.4 is 10.6 Å². The summed E-state index contributed by atoms with van der Waals surface area (Å²) in [5.74, 6) is 0. The Labute approximate surface area is 258 Å². The van der Waals surface area contributed by atoms with E-state index in [4.69, 9.17) is 0 Å². The monoisotopic (exact) mass is 592 g/mol. The smallest absolute Gasteiger partial charge is 0.0138 e. The molecule has 0 fully saturated rings. The van der Waals surface area contributed by atoms with E-state index < -0.39 is 0 Å². The largest absolute Gasteiger partial charge is 0.0616 e. The lowest BCUT2D eigenvalue weighted by Gasteiger charge is -2.34. The highest BCUT2D eigenvalue weighted by molar-refractivity contribution is 7.91. The molecule has 0 radical (unpaired) electrons. The molecule has 0 heterocycles. The van der Waals surface area contributed by atoms with Gasteiger partial charge in [-0.15, -0.1) is 0 Å². The summed E-state index contributed by atoms with van der Waals surface area (Å²) in [7, 11) is 2.86. The highest BCUT2D eigenvalue weighted by atomic mass is 31.7. The molecule has 0 aliphatic heterocycles. The molecule has 2 bridgehead atoms. The lowest BCUT2D eigenvalue weighted by Crippen LogP contribution is -2.31. The average molecular weight is 593 g/mol. The standard InChI is InChI=1S/C39H62P2/c1-35(2,3)28-26-31(36(4,5)6)34(32(27-28)37(7,8)9)41-40-33-29-22-21-23-30(33)39(12,13)25-20-18-16-14-15-17-19-24-38(29,10)11/h21-23,26-27H,14-20,24-25H2,1-13H3. The Bertz CT molecular complexity index is 1130. The molecule has 41 heavy (non-hydrogen) atoms. The van der Waals surface area contributed by atoms with Gasteiger partial charge in [0.05, 0.1) is 0 Å². The lowest BCUT2D eigenvalue weighted by molar-refractivity contribution is 0.422. The first-order valence-electron chi connectivity index (χ1n) is 16.5. The Hall–Kier alpha value is -0.960. The molecular formula is C39H62P2. The molecule has 0 nitrogen and oxygen atoms in total. The zero-order valence-electron chi connectivity index (χ0n) is 29.1. The third-order valence-electron chi connectivity index (χ3n) is 9.44. The lowest BCUT2D eigenvalue weighted by atomic mass is 9.74. The van der Waals surface area contributed by atoms with Gasteiger partial charge < -0.3 is 0 Å². The van der Waals surface area contributed by atoms with Crippen molar-refractivity contribution >= 4 is 26.3 Å². The van der Waals surface area contributed by atoms with Gasteiger partial charge in [0, 0.05) is 10.6 Å². The van der Waals surface area contributed by atoms with Gasteiger partial charge in [-0.1, -0.05) is 165 Å². The van der Waals surface area contributed by atoms with Gasteiger partial charge in [-0.3, -0.25) is 0 Å².